The second-order valence-corrected chi connectivity index (χ2v) is 0. The molecular formula is H3CdGeLiO. The van der Waals surface area contributed by atoms with Gasteiger partial charge in [-0.05, 0) is 0 Å². The van der Waals surface area contributed by atoms with Gasteiger partial charge in [0.05, 0.1) is 0 Å². The zero-order valence-corrected chi connectivity index (χ0v) is 9.83. The van der Waals surface area contributed by atoms with Crippen LogP contribution in [0.4, 0.5) is 0 Å². The molecule has 0 aromatic carbocycles. The SMILES string of the molecule is [Cd].[H-].[Li+].[O]=[GeH2]. The van der Waals surface area contributed by atoms with E-state index >= 15 is 0 Å². The summed E-state index contributed by atoms with van der Waals surface area (Å²) in [6, 6.07) is 0. The van der Waals surface area contributed by atoms with E-state index in [0.29, 0.717) is 0 Å². The summed E-state index contributed by atoms with van der Waals surface area (Å²) in [6.45, 7) is 0. The summed E-state index contributed by atoms with van der Waals surface area (Å²) < 4.78 is 8.38. The molecule has 0 bridgehead atoms. The summed E-state index contributed by atoms with van der Waals surface area (Å²) in [5, 5.41) is 0. The Morgan fingerprint density at radius 1 is 1.50 bits per heavy atom. The first-order chi connectivity index (χ1) is 1.00. The second-order valence-electron chi connectivity index (χ2n) is 0. The summed E-state index contributed by atoms with van der Waals surface area (Å²) in [6.07, 6.45) is 0. The average molecular weight is 211 g/mol. The van der Waals surface area contributed by atoms with E-state index < -0.39 is 0 Å². The van der Waals surface area contributed by atoms with Gasteiger partial charge in [0.15, 0.2) is 0 Å². The summed E-state index contributed by atoms with van der Waals surface area (Å²) in [5.41, 5.74) is 0. The van der Waals surface area contributed by atoms with Crippen LogP contribution in [0.2, 0.25) is 0 Å². The fraction of sp³-hybridized carbons (Fsp3) is 0. The molecule has 0 aromatic rings. The van der Waals surface area contributed by atoms with Crippen molar-refractivity contribution in [3.05, 3.63) is 0 Å². The first kappa shape index (κ1) is 16.9. The van der Waals surface area contributed by atoms with Gasteiger partial charge in [0, 0.05) is 27.3 Å². The zero-order chi connectivity index (χ0) is 2.00. The molecule has 4 heavy (non-hydrogen) atoms. The molecule has 0 N–H and O–H groups in total. The van der Waals surface area contributed by atoms with E-state index in [1.165, 1.54) is 0 Å². The Bertz CT molecular complexity index is 11.6. The van der Waals surface area contributed by atoms with Gasteiger partial charge >= 0.3 is 39.1 Å². The monoisotopic (exact) mass is 214 g/mol. The fourth-order valence-electron chi connectivity index (χ4n) is 0. The van der Waals surface area contributed by atoms with Crippen molar-refractivity contribution < 1.29 is 51.4 Å². The predicted octanol–water partition coefficient (Wildman–Crippen LogP) is -3.92. The van der Waals surface area contributed by atoms with Gasteiger partial charge in [-0.25, -0.2) is 0 Å². The molecule has 0 heterocycles. The maximum atomic E-state index is 8.38. The molecule has 0 radical (unpaired) electrons. The molecule has 4 heteroatoms. The van der Waals surface area contributed by atoms with Gasteiger partial charge in [0.2, 0.25) is 0 Å². The topological polar surface area (TPSA) is 17.1 Å². The van der Waals surface area contributed by atoms with Gasteiger partial charge in [-0.1, -0.05) is 0 Å². The van der Waals surface area contributed by atoms with Crippen molar-refractivity contribution in [2.75, 3.05) is 0 Å². The van der Waals surface area contributed by atoms with Gasteiger partial charge in [-0.3, -0.25) is 0 Å². The van der Waals surface area contributed by atoms with Gasteiger partial charge in [-0.2, -0.15) is 0 Å². The summed E-state index contributed by atoms with van der Waals surface area (Å²) >= 11 is 0.125. The van der Waals surface area contributed by atoms with Crippen molar-refractivity contribution in [1.29, 1.82) is 0 Å². The van der Waals surface area contributed by atoms with Crippen molar-refractivity contribution in [3.63, 3.8) is 0 Å². The predicted molar refractivity (Wildman–Crippen MR) is 10.3 cm³/mol. The molecule has 0 aromatic heterocycles. The average Bonchev–Trinajstić information content (AvgIpc) is 1.00. The van der Waals surface area contributed by atoms with E-state index in [1.54, 1.807) is 0 Å². The molecule has 0 fully saturated rings. The summed E-state index contributed by atoms with van der Waals surface area (Å²) in [4.78, 5) is 0. The van der Waals surface area contributed by atoms with E-state index in [1.807, 2.05) is 0 Å². The van der Waals surface area contributed by atoms with E-state index in [9.17, 15) is 0 Å². The molecule has 0 aliphatic rings. The summed E-state index contributed by atoms with van der Waals surface area (Å²) in [5.74, 6) is 0. The van der Waals surface area contributed by atoms with Crippen LogP contribution in [0, 0.1) is 0 Å². The molecule has 0 atom stereocenters. The van der Waals surface area contributed by atoms with Crippen molar-refractivity contribution in [3.8, 4) is 0 Å². The van der Waals surface area contributed by atoms with Crippen LogP contribution in [0.25, 0.3) is 0 Å². The van der Waals surface area contributed by atoms with E-state index in [-0.39, 0.29) is 64.0 Å². The van der Waals surface area contributed by atoms with Gasteiger partial charge in [-0.15, -0.1) is 0 Å². The Kier molecular flexibility index (Phi) is 88.4. The molecule has 0 amide bonds. The Hall–Kier alpha value is 1.86. The maximum absolute atomic E-state index is 8.38. The Morgan fingerprint density at radius 2 is 1.50 bits per heavy atom. The van der Waals surface area contributed by atoms with Crippen molar-refractivity contribution in [2.24, 2.45) is 0 Å². The molecule has 0 rings (SSSR count). The van der Waals surface area contributed by atoms with Gasteiger partial charge < -0.3 is 1.43 Å². The fourth-order valence-corrected chi connectivity index (χ4v) is 0. The molecule has 0 aliphatic carbocycles. The molecule has 1 nitrogen and oxygen atoms in total. The van der Waals surface area contributed by atoms with Crippen LogP contribution in [0.5, 0.6) is 0 Å². The Labute approximate surface area is 67.2 Å². The third kappa shape index (κ3) is 9.12. The Morgan fingerprint density at radius 3 is 1.50 bits per heavy atom. The van der Waals surface area contributed by atoms with Crippen molar-refractivity contribution in [2.45, 2.75) is 0 Å². The molecule has 16 valence electrons. The quantitative estimate of drug-likeness (QED) is 0.374. The number of hydrogen-bond donors (Lipinski definition) is 0. The van der Waals surface area contributed by atoms with Crippen molar-refractivity contribution in [1.82, 2.24) is 0 Å². The van der Waals surface area contributed by atoms with Crippen LogP contribution in [0.15, 0.2) is 0 Å². The minimum atomic E-state index is 0. The first-order valence-electron chi connectivity index (χ1n) is 0.289. The molecule has 0 aliphatic heterocycles. The Balaban J connectivity index is -0.00000000167. The van der Waals surface area contributed by atoms with Gasteiger partial charge in [0.1, 0.15) is 0 Å². The first-order valence-corrected chi connectivity index (χ1v) is 1.50. The van der Waals surface area contributed by atoms with Crippen molar-refractivity contribution >= 4 is 16.5 Å². The zero-order valence-electron chi connectivity index (χ0n) is 3.82. The molecule has 0 saturated carbocycles. The van der Waals surface area contributed by atoms with E-state index in [4.69, 9.17) is 3.78 Å². The van der Waals surface area contributed by atoms with E-state index in [0.717, 1.165) is 0 Å². The van der Waals surface area contributed by atoms with Crippen LogP contribution in [-0.2, 0) is 31.1 Å². The van der Waals surface area contributed by atoms with Crippen LogP contribution in [0.3, 0.4) is 0 Å². The van der Waals surface area contributed by atoms with Gasteiger partial charge in [0.25, 0.3) is 0 Å². The van der Waals surface area contributed by atoms with Crippen LogP contribution in [0.1, 0.15) is 1.43 Å². The van der Waals surface area contributed by atoms with E-state index in [2.05, 4.69) is 0 Å². The third-order valence-corrected chi connectivity index (χ3v) is 0. The van der Waals surface area contributed by atoms with Crippen LogP contribution >= 0.6 is 0 Å². The summed E-state index contributed by atoms with van der Waals surface area (Å²) in [7, 11) is 0. The van der Waals surface area contributed by atoms with Crippen LogP contribution in [-0.4, -0.2) is 16.5 Å². The number of rotatable bonds is 0. The molecule has 0 spiro atoms. The van der Waals surface area contributed by atoms with Crippen LogP contribution < -0.4 is 18.9 Å². The minimum absolute atomic E-state index is 0. The number of hydrogen-bond acceptors (Lipinski definition) is 1. The standard InChI is InChI=1S/Cd.GeH2O.Li.H/c;1-2;;/h;1H2;;/q;;+1;-1. The normalized spacial score (nSPS) is 1.00. The third-order valence-electron chi connectivity index (χ3n) is 0. The molecule has 0 saturated heterocycles. The molecule has 0 unspecified atom stereocenters. The second kappa shape index (κ2) is 20.9. The molecular weight excluding hydrogens is 208 g/mol.